The van der Waals surface area contributed by atoms with Gasteiger partial charge in [-0.3, -0.25) is 4.90 Å². The third-order valence-corrected chi connectivity index (χ3v) is 4.18. The predicted molar refractivity (Wildman–Crippen MR) is 81.2 cm³/mol. The molecule has 1 heterocycles. The van der Waals surface area contributed by atoms with Gasteiger partial charge in [-0.15, -0.1) is 0 Å². The molecule has 6 nitrogen and oxygen atoms in total. The van der Waals surface area contributed by atoms with Crippen LogP contribution in [0, 0.1) is 0 Å². The number of rotatable bonds is 8. The molecule has 0 radical (unpaired) electrons. The topological polar surface area (TPSA) is 81.7 Å². The van der Waals surface area contributed by atoms with E-state index in [4.69, 9.17) is 5.11 Å². The molecule has 0 saturated carbocycles. The van der Waals surface area contributed by atoms with Gasteiger partial charge in [-0.25, -0.2) is 9.59 Å². The third kappa shape index (κ3) is 6.00. The number of carboxylic acids is 1. The quantitative estimate of drug-likeness (QED) is 0.622. The summed E-state index contributed by atoms with van der Waals surface area (Å²) < 4.78 is 0. The van der Waals surface area contributed by atoms with Gasteiger partial charge < -0.3 is 15.7 Å². The average Bonchev–Trinajstić information content (AvgIpc) is 2.94. The summed E-state index contributed by atoms with van der Waals surface area (Å²) >= 11 is 1.57. The van der Waals surface area contributed by atoms with E-state index in [2.05, 4.69) is 22.5 Å². The summed E-state index contributed by atoms with van der Waals surface area (Å²) in [5.41, 5.74) is 0. The first kappa shape index (κ1) is 17.1. The van der Waals surface area contributed by atoms with Crippen molar-refractivity contribution in [2.75, 3.05) is 31.6 Å². The van der Waals surface area contributed by atoms with E-state index in [1.807, 2.05) is 6.26 Å². The first-order valence-electron chi connectivity index (χ1n) is 7.04. The average molecular weight is 303 g/mol. The fourth-order valence-electron chi connectivity index (χ4n) is 2.25. The van der Waals surface area contributed by atoms with E-state index in [0.717, 1.165) is 13.1 Å². The zero-order valence-corrected chi connectivity index (χ0v) is 13.0. The summed E-state index contributed by atoms with van der Waals surface area (Å²) in [6.45, 7) is 4.78. The van der Waals surface area contributed by atoms with E-state index in [9.17, 15) is 9.59 Å². The summed E-state index contributed by atoms with van der Waals surface area (Å²) in [6.07, 6.45) is 4.78. The highest BCUT2D eigenvalue weighted by molar-refractivity contribution is 7.98. The number of hydrogen-bond acceptors (Lipinski definition) is 4. The molecule has 1 rings (SSSR count). The van der Waals surface area contributed by atoms with Crippen LogP contribution in [-0.2, 0) is 4.79 Å². The molecule has 1 fully saturated rings. The lowest BCUT2D eigenvalue weighted by Gasteiger charge is -2.24. The zero-order valence-electron chi connectivity index (χ0n) is 12.2. The highest BCUT2D eigenvalue weighted by atomic mass is 32.2. The van der Waals surface area contributed by atoms with Crippen LogP contribution in [0.4, 0.5) is 4.79 Å². The van der Waals surface area contributed by atoms with Gasteiger partial charge in [-0.05, 0) is 51.3 Å². The maximum Gasteiger partial charge on any atom is 0.326 e. The fraction of sp³-hybridized carbons (Fsp3) is 0.846. The lowest BCUT2D eigenvalue weighted by molar-refractivity contribution is -0.139. The molecule has 116 valence electrons. The third-order valence-electron chi connectivity index (χ3n) is 3.54. The molecule has 1 saturated heterocycles. The second kappa shape index (κ2) is 9.07. The molecule has 0 aromatic heterocycles. The lowest BCUT2D eigenvalue weighted by atomic mass is 10.2. The summed E-state index contributed by atoms with van der Waals surface area (Å²) in [5, 5.41) is 14.3. The van der Waals surface area contributed by atoms with Crippen LogP contribution in [0.15, 0.2) is 0 Å². The molecule has 3 N–H and O–H groups in total. The normalized spacial score (nSPS) is 18.5. The van der Waals surface area contributed by atoms with Crippen LogP contribution in [0.2, 0.25) is 0 Å². The molecule has 1 aliphatic heterocycles. The van der Waals surface area contributed by atoms with Crippen molar-refractivity contribution in [2.45, 2.75) is 38.3 Å². The van der Waals surface area contributed by atoms with Gasteiger partial charge in [-0.2, -0.15) is 11.8 Å². The Labute approximate surface area is 124 Å². The molecule has 2 amide bonds. The smallest absolute Gasteiger partial charge is 0.326 e. The number of nitrogens with one attached hydrogen (secondary N) is 2. The Kier molecular flexibility index (Phi) is 7.76. The molecule has 1 aliphatic rings. The molecule has 0 bridgehead atoms. The molecule has 1 unspecified atom stereocenters. The van der Waals surface area contributed by atoms with Crippen molar-refractivity contribution in [1.29, 1.82) is 0 Å². The van der Waals surface area contributed by atoms with Gasteiger partial charge >= 0.3 is 12.0 Å². The number of carbonyl (C=O) groups is 2. The van der Waals surface area contributed by atoms with Crippen molar-refractivity contribution in [2.24, 2.45) is 0 Å². The zero-order chi connectivity index (χ0) is 15.0. The van der Waals surface area contributed by atoms with Crippen LogP contribution in [0.3, 0.4) is 0 Å². The minimum Gasteiger partial charge on any atom is -0.480 e. The van der Waals surface area contributed by atoms with Gasteiger partial charge in [-0.1, -0.05) is 0 Å². The Hall–Kier alpha value is -0.950. The molecule has 0 aliphatic carbocycles. The number of carbonyl (C=O) groups excluding carboxylic acids is 1. The summed E-state index contributed by atoms with van der Waals surface area (Å²) in [6, 6.07) is -0.924. The van der Waals surface area contributed by atoms with Gasteiger partial charge in [0.05, 0.1) is 0 Å². The molecule has 20 heavy (non-hydrogen) atoms. The van der Waals surface area contributed by atoms with Gasteiger partial charge in [0.1, 0.15) is 6.04 Å². The maximum atomic E-state index is 11.7. The molecule has 7 heteroatoms. The van der Waals surface area contributed by atoms with Crippen molar-refractivity contribution >= 4 is 23.8 Å². The van der Waals surface area contributed by atoms with Crippen LogP contribution in [0.25, 0.3) is 0 Å². The Balaban J connectivity index is 2.28. The summed E-state index contributed by atoms with van der Waals surface area (Å²) in [7, 11) is 0. The largest absolute Gasteiger partial charge is 0.480 e. The van der Waals surface area contributed by atoms with Gasteiger partial charge in [0, 0.05) is 12.6 Å². The predicted octanol–water partition coefficient (Wildman–Crippen LogP) is 0.976. The summed E-state index contributed by atoms with van der Waals surface area (Å²) in [4.78, 5) is 25.1. The van der Waals surface area contributed by atoms with Gasteiger partial charge in [0.25, 0.3) is 0 Å². The highest BCUT2D eigenvalue weighted by Gasteiger charge is 2.21. The van der Waals surface area contributed by atoms with Crippen LogP contribution in [-0.4, -0.2) is 65.7 Å². The Morgan fingerprint density at radius 3 is 2.55 bits per heavy atom. The van der Waals surface area contributed by atoms with E-state index in [1.54, 1.807) is 11.8 Å². The first-order chi connectivity index (χ1) is 9.54. The molecule has 0 aromatic rings. The van der Waals surface area contributed by atoms with Gasteiger partial charge in [0.15, 0.2) is 0 Å². The van der Waals surface area contributed by atoms with Gasteiger partial charge in [0.2, 0.25) is 0 Å². The molecule has 0 spiro atoms. The standard InChI is InChI=1S/C13H25N3O3S/c1-10(16-6-3-4-7-16)9-14-13(19)15-11(12(17)18)5-8-20-2/h10-11H,3-9H2,1-2H3,(H,17,18)(H2,14,15,19)/t10?,11-/m1/s1. The monoisotopic (exact) mass is 303 g/mol. The number of urea groups is 1. The van der Waals surface area contributed by atoms with Crippen LogP contribution < -0.4 is 10.6 Å². The van der Waals surface area contributed by atoms with Crippen molar-refractivity contribution in [3.8, 4) is 0 Å². The SMILES string of the molecule is CSCC[C@@H](NC(=O)NCC(C)N1CCCC1)C(=O)O. The van der Waals surface area contributed by atoms with Crippen molar-refractivity contribution in [1.82, 2.24) is 15.5 Å². The van der Waals surface area contributed by atoms with E-state index >= 15 is 0 Å². The number of aliphatic carboxylic acids is 1. The summed E-state index contributed by atoms with van der Waals surface area (Å²) in [5.74, 6) is -0.275. The van der Waals surface area contributed by atoms with Crippen molar-refractivity contribution < 1.29 is 14.7 Å². The number of carboxylic acid groups (broad SMARTS) is 1. The minimum absolute atomic E-state index is 0.290. The van der Waals surface area contributed by atoms with Crippen LogP contribution in [0.1, 0.15) is 26.2 Å². The Morgan fingerprint density at radius 1 is 1.35 bits per heavy atom. The molecular weight excluding hydrogens is 278 g/mol. The van der Waals surface area contributed by atoms with E-state index in [0.29, 0.717) is 18.7 Å². The van der Waals surface area contributed by atoms with Crippen molar-refractivity contribution in [3.63, 3.8) is 0 Å². The lowest BCUT2D eigenvalue weighted by Crippen LogP contribution is -2.49. The second-order valence-corrected chi connectivity index (χ2v) is 6.10. The fourth-order valence-corrected chi connectivity index (χ4v) is 2.73. The molecular formula is C13H25N3O3S. The highest BCUT2D eigenvalue weighted by Crippen LogP contribution is 2.10. The van der Waals surface area contributed by atoms with E-state index in [-0.39, 0.29) is 6.04 Å². The van der Waals surface area contributed by atoms with E-state index < -0.39 is 18.0 Å². The van der Waals surface area contributed by atoms with Crippen molar-refractivity contribution in [3.05, 3.63) is 0 Å². The second-order valence-electron chi connectivity index (χ2n) is 5.12. The first-order valence-corrected chi connectivity index (χ1v) is 8.44. The Bertz CT molecular complexity index is 322. The molecule has 2 atom stereocenters. The van der Waals surface area contributed by atoms with Crippen LogP contribution >= 0.6 is 11.8 Å². The van der Waals surface area contributed by atoms with E-state index in [1.165, 1.54) is 12.8 Å². The minimum atomic E-state index is -0.984. The van der Waals surface area contributed by atoms with Crippen LogP contribution in [0.5, 0.6) is 0 Å². The number of likely N-dealkylation sites (tertiary alicyclic amines) is 1. The number of amides is 2. The number of hydrogen-bond donors (Lipinski definition) is 3. The number of thioether (sulfide) groups is 1. The Morgan fingerprint density at radius 2 is 2.00 bits per heavy atom. The number of nitrogens with zero attached hydrogens (tertiary/aromatic N) is 1. The molecule has 0 aromatic carbocycles. The maximum absolute atomic E-state index is 11.7.